The molecule has 0 fully saturated rings. The molecular weight excluding hydrogens is 316 g/mol. The average Bonchev–Trinajstić information content (AvgIpc) is 2.65. The predicted molar refractivity (Wildman–Crippen MR) is 97.3 cm³/mol. The zero-order valence-corrected chi connectivity index (χ0v) is 14.6. The minimum Gasteiger partial charge on any atom is -0.497 e. The van der Waals surface area contributed by atoms with E-state index in [9.17, 15) is 9.59 Å². The molecule has 25 heavy (non-hydrogen) atoms. The molecule has 2 rings (SSSR count). The first-order valence-electron chi connectivity index (χ1n) is 8.36. The van der Waals surface area contributed by atoms with Crippen molar-refractivity contribution in [2.45, 2.75) is 25.8 Å². The van der Waals surface area contributed by atoms with Gasteiger partial charge in [-0.05, 0) is 29.7 Å². The Morgan fingerprint density at radius 1 is 1.00 bits per heavy atom. The van der Waals surface area contributed by atoms with E-state index in [0.29, 0.717) is 0 Å². The second kappa shape index (κ2) is 9.47. The van der Waals surface area contributed by atoms with Gasteiger partial charge in [-0.1, -0.05) is 49.4 Å². The van der Waals surface area contributed by atoms with Crippen molar-refractivity contribution in [2.24, 2.45) is 0 Å². The molecule has 0 radical (unpaired) electrons. The number of methoxy groups -OCH3 is 1. The smallest absolute Gasteiger partial charge is 0.239 e. The number of nitrogens with one attached hydrogen (secondary N) is 2. The fourth-order valence-corrected chi connectivity index (χ4v) is 2.53. The fourth-order valence-electron chi connectivity index (χ4n) is 2.53. The van der Waals surface area contributed by atoms with Gasteiger partial charge in [0.2, 0.25) is 11.8 Å². The Labute approximate surface area is 148 Å². The van der Waals surface area contributed by atoms with Crippen molar-refractivity contribution in [3.8, 4) is 5.75 Å². The Balaban J connectivity index is 1.82. The normalized spacial score (nSPS) is 11.4. The summed E-state index contributed by atoms with van der Waals surface area (Å²) in [4.78, 5) is 24.0. The standard InChI is InChI=1S/C20H24N2O3/c1-3-18(16-9-11-17(25-2)12-10-16)22-20(24)14-21-19(23)13-15-7-5-4-6-8-15/h4-12,18H,3,13-14H2,1-2H3,(H,21,23)(H,22,24). The molecule has 0 aliphatic rings. The summed E-state index contributed by atoms with van der Waals surface area (Å²) in [5, 5.41) is 5.60. The molecule has 1 atom stereocenters. The lowest BCUT2D eigenvalue weighted by molar-refractivity contribution is -0.126. The first kappa shape index (κ1) is 18.5. The van der Waals surface area contributed by atoms with Gasteiger partial charge in [0.1, 0.15) is 5.75 Å². The van der Waals surface area contributed by atoms with E-state index in [1.165, 1.54) is 0 Å². The zero-order valence-electron chi connectivity index (χ0n) is 14.6. The van der Waals surface area contributed by atoms with Gasteiger partial charge in [0.05, 0.1) is 26.1 Å². The lowest BCUT2D eigenvalue weighted by Crippen LogP contribution is -2.39. The Morgan fingerprint density at radius 3 is 2.28 bits per heavy atom. The highest BCUT2D eigenvalue weighted by atomic mass is 16.5. The number of hydrogen-bond donors (Lipinski definition) is 2. The topological polar surface area (TPSA) is 67.4 Å². The monoisotopic (exact) mass is 340 g/mol. The minimum absolute atomic E-state index is 0.0294. The molecule has 0 aromatic heterocycles. The SMILES string of the molecule is CCC(NC(=O)CNC(=O)Cc1ccccc1)c1ccc(OC)cc1. The van der Waals surface area contributed by atoms with E-state index in [0.717, 1.165) is 23.3 Å². The third kappa shape index (κ3) is 5.95. The van der Waals surface area contributed by atoms with Crippen LogP contribution in [0.4, 0.5) is 0 Å². The Kier molecular flexibility index (Phi) is 7.01. The number of hydrogen-bond acceptors (Lipinski definition) is 3. The summed E-state index contributed by atoms with van der Waals surface area (Å²) in [6, 6.07) is 16.9. The summed E-state index contributed by atoms with van der Waals surface area (Å²) >= 11 is 0. The summed E-state index contributed by atoms with van der Waals surface area (Å²) in [5.74, 6) is 0.404. The van der Waals surface area contributed by atoms with Gasteiger partial charge in [0.25, 0.3) is 0 Å². The molecule has 0 bridgehead atoms. The largest absolute Gasteiger partial charge is 0.497 e. The van der Waals surface area contributed by atoms with Gasteiger partial charge in [0.15, 0.2) is 0 Å². The third-order valence-corrected chi connectivity index (χ3v) is 3.92. The van der Waals surface area contributed by atoms with Crippen LogP contribution in [0.1, 0.15) is 30.5 Å². The molecule has 132 valence electrons. The summed E-state index contributed by atoms with van der Waals surface area (Å²) in [6.07, 6.45) is 1.03. The highest BCUT2D eigenvalue weighted by Crippen LogP contribution is 2.19. The van der Waals surface area contributed by atoms with Crippen LogP contribution in [0.25, 0.3) is 0 Å². The fraction of sp³-hybridized carbons (Fsp3) is 0.300. The Morgan fingerprint density at radius 2 is 1.68 bits per heavy atom. The van der Waals surface area contributed by atoms with Gasteiger partial charge in [-0.15, -0.1) is 0 Å². The van der Waals surface area contributed by atoms with Crippen molar-refractivity contribution in [1.82, 2.24) is 10.6 Å². The van der Waals surface area contributed by atoms with Gasteiger partial charge in [-0.25, -0.2) is 0 Å². The van der Waals surface area contributed by atoms with Gasteiger partial charge >= 0.3 is 0 Å². The molecule has 0 spiro atoms. The second-order valence-corrected chi connectivity index (χ2v) is 5.74. The van der Waals surface area contributed by atoms with Crippen LogP contribution in [0.15, 0.2) is 54.6 Å². The van der Waals surface area contributed by atoms with Crippen molar-refractivity contribution in [1.29, 1.82) is 0 Å². The van der Waals surface area contributed by atoms with Crippen LogP contribution in [0.3, 0.4) is 0 Å². The second-order valence-electron chi connectivity index (χ2n) is 5.74. The molecule has 2 aromatic carbocycles. The van der Waals surface area contributed by atoms with Crippen LogP contribution >= 0.6 is 0 Å². The Bertz CT molecular complexity index is 684. The summed E-state index contributed by atoms with van der Waals surface area (Å²) in [5.41, 5.74) is 1.93. The van der Waals surface area contributed by atoms with Gasteiger partial charge in [-0.3, -0.25) is 9.59 Å². The summed E-state index contributed by atoms with van der Waals surface area (Å²) in [7, 11) is 1.62. The van der Waals surface area contributed by atoms with Crippen LogP contribution < -0.4 is 15.4 Å². The van der Waals surface area contributed by atoms with E-state index < -0.39 is 0 Å². The first-order chi connectivity index (χ1) is 12.1. The zero-order chi connectivity index (χ0) is 18.1. The molecular formula is C20H24N2O3. The number of amides is 2. The van der Waals surface area contributed by atoms with E-state index in [-0.39, 0.29) is 30.8 Å². The van der Waals surface area contributed by atoms with Crippen LogP contribution in [0.2, 0.25) is 0 Å². The van der Waals surface area contributed by atoms with Crippen LogP contribution in [0.5, 0.6) is 5.75 Å². The number of benzene rings is 2. The molecule has 0 aliphatic carbocycles. The molecule has 0 heterocycles. The molecule has 0 saturated heterocycles. The van der Waals surface area contributed by atoms with Crippen LogP contribution in [-0.2, 0) is 16.0 Å². The molecule has 0 saturated carbocycles. The molecule has 5 nitrogen and oxygen atoms in total. The van der Waals surface area contributed by atoms with Crippen molar-refractivity contribution in [3.05, 3.63) is 65.7 Å². The molecule has 2 aromatic rings. The number of ether oxygens (including phenoxy) is 1. The maximum Gasteiger partial charge on any atom is 0.239 e. The van der Waals surface area contributed by atoms with Crippen LogP contribution in [0, 0.1) is 0 Å². The van der Waals surface area contributed by atoms with E-state index in [2.05, 4.69) is 10.6 Å². The number of rotatable bonds is 8. The van der Waals surface area contributed by atoms with E-state index in [4.69, 9.17) is 4.74 Å². The van der Waals surface area contributed by atoms with E-state index >= 15 is 0 Å². The van der Waals surface area contributed by atoms with E-state index in [1.807, 2.05) is 61.5 Å². The van der Waals surface area contributed by atoms with Crippen molar-refractivity contribution < 1.29 is 14.3 Å². The van der Waals surface area contributed by atoms with Crippen molar-refractivity contribution in [3.63, 3.8) is 0 Å². The minimum atomic E-state index is -0.205. The third-order valence-electron chi connectivity index (χ3n) is 3.92. The summed E-state index contributed by atoms with van der Waals surface area (Å²) < 4.78 is 5.14. The average molecular weight is 340 g/mol. The van der Waals surface area contributed by atoms with Crippen molar-refractivity contribution in [2.75, 3.05) is 13.7 Å². The summed E-state index contributed by atoms with van der Waals surface area (Å²) in [6.45, 7) is 1.97. The predicted octanol–water partition coefficient (Wildman–Crippen LogP) is 2.62. The molecule has 5 heteroatoms. The van der Waals surface area contributed by atoms with E-state index in [1.54, 1.807) is 7.11 Å². The molecule has 0 aliphatic heterocycles. The molecule has 2 amide bonds. The molecule has 1 unspecified atom stereocenters. The molecule has 2 N–H and O–H groups in total. The highest BCUT2D eigenvalue weighted by Gasteiger charge is 2.13. The Hall–Kier alpha value is -2.82. The highest BCUT2D eigenvalue weighted by molar-refractivity contribution is 5.85. The maximum absolute atomic E-state index is 12.1. The van der Waals surface area contributed by atoms with Crippen molar-refractivity contribution >= 4 is 11.8 Å². The van der Waals surface area contributed by atoms with Gasteiger partial charge in [0, 0.05) is 0 Å². The first-order valence-corrected chi connectivity index (χ1v) is 8.36. The van der Waals surface area contributed by atoms with Gasteiger partial charge in [-0.2, -0.15) is 0 Å². The number of carbonyl (C=O) groups is 2. The lowest BCUT2D eigenvalue weighted by Gasteiger charge is -2.18. The number of carbonyl (C=O) groups excluding carboxylic acids is 2. The lowest BCUT2D eigenvalue weighted by atomic mass is 10.0. The maximum atomic E-state index is 12.1. The van der Waals surface area contributed by atoms with Crippen LogP contribution in [-0.4, -0.2) is 25.5 Å². The quantitative estimate of drug-likeness (QED) is 0.776. The van der Waals surface area contributed by atoms with Gasteiger partial charge < -0.3 is 15.4 Å².